The number of hydrogen-bond donors (Lipinski definition) is 1. The Labute approximate surface area is 124 Å². The number of carboxylic acids is 1. The van der Waals surface area contributed by atoms with Crippen molar-refractivity contribution < 1.29 is 14.3 Å². The fourth-order valence-electron chi connectivity index (χ4n) is 2.24. The summed E-state index contributed by atoms with van der Waals surface area (Å²) in [6, 6.07) is 10.7. The molecule has 21 heavy (non-hydrogen) atoms. The zero-order chi connectivity index (χ0) is 15.0. The van der Waals surface area contributed by atoms with E-state index in [0.29, 0.717) is 22.0 Å². The van der Waals surface area contributed by atoms with E-state index in [9.17, 15) is 9.18 Å². The van der Waals surface area contributed by atoms with Crippen LogP contribution in [0.1, 0.15) is 10.4 Å². The van der Waals surface area contributed by atoms with Crippen LogP contribution >= 0.6 is 11.6 Å². The van der Waals surface area contributed by atoms with E-state index in [-0.39, 0.29) is 10.6 Å². The van der Waals surface area contributed by atoms with E-state index in [0.717, 1.165) is 0 Å². The molecule has 104 valence electrons. The second kappa shape index (κ2) is 5.14. The Balaban J connectivity index is 2.40. The van der Waals surface area contributed by atoms with Crippen molar-refractivity contribution in [1.82, 2.24) is 4.98 Å². The maximum Gasteiger partial charge on any atom is 0.335 e. The molecule has 5 heteroatoms. The molecule has 0 amide bonds. The number of benzene rings is 2. The predicted molar refractivity (Wildman–Crippen MR) is 79.1 cm³/mol. The van der Waals surface area contributed by atoms with Gasteiger partial charge >= 0.3 is 5.97 Å². The molecule has 1 N–H and O–H groups in total. The summed E-state index contributed by atoms with van der Waals surface area (Å²) in [5.41, 5.74) is 1.42. The number of fused-ring (bicyclic) bond motifs is 1. The van der Waals surface area contributed by atoms with Gasteiger partial charge in [0.15, 0.2) is 0 Å². The summed E-state index contributed by atoms with van der Waals surface area (Å²) in [6.07, 6.45) is 1.44. The van der Waals surface area contributed by atoms with E-state index in [1.165, 1.54) is 24.4 Å². The van der Waals surface area contributed by atoms with E-state index < -0.39 is 11.8 Å². The van der Waals surface area contributed by atoms with Crippen molar-refractivity contribution in [2.75, 3.05) is 0 Å². The molecule has 0 radical (unpaired) electrons. The van der Waals surface area contributed by atoms with E-state index in [2.05, 4.69) is 4.98 Å². The van der Waals surface area contributed by atoms with Crippen molar-refractivity contribution in [1.29, 1.82) is 0 Å². The van der Waals surface area contributed by atoms with Gasteiger partial charge in [-0.2, -0.15) is 0 Å². The van der Waals surface area contributed by atoms with E-state index in [4.69, 9.17) is 16.7 Å². The summed E-state index contributed by atoms with van der Waals surface area (Å²) in [6.45, 7) is 0. The number of aromatic carboxylic acids is 1. The fraction of sp³-hybridized carbons (Fsp3) is 0. The normalized spacial score (nSPS) is 10.8. The van der Waals surface area contributed by atoms with Crippen LogP contribution in [0.4, 0.5) is 4.39 Å². The first-order chi connectivity index (χ1) is 10.1. The minimum atomic E-state index is -1.06. The lowest BCUT2D eigenvalue weighted by molar-refractivity contribution is 0.0697. The number of hydrogen-bond acceptors (Lipinski definition) is 2. The van der Waals surface area contributed by atoms with Crippen molar-refractivity contribution >= 4 is 28.5 Å². The standard InChI is InChI=1S/C16H9ClFNO2/c17-12-8-19-14-6-5-9(16(20)21)7-11(14)15(12)10-3-1-2-4-13(10)18/h1-8H,(H,20,21). The van der Waals surface area contributed by atoms with Crippen molar-refractivity contribution in [3.63, 3.8) is 0 Å². The van der Waals surface area contributed by atoms with Crippen LogP contribution in [-0.2, 0) is 0 Å². The molecule has 0 aliphatic heterocycles. The fourth-order valence-corrected chi connectivity index (χ4v) is 2.49. The lowest BCUT2D eigenvalue weighted by atomic mass is 9.99. The third kappa shape index (κ3) is 2.34. The molecule has 3 nitrogen and oxygen atoms in total. The molecule has 0 saturated heterocycles. The van der Waals surface area contributed by atoms with Crippen LogP contribution < -0.4 is 0 Å². The Kier molecular flexibility index (Phi) is 3.31. The number of pyridine rings is 1. The van der Waals surface area contributed by atoms with E-state index in [1.54, 1.807) is 24.3 Å². The molecule has 3 rings (SSSR count). The van der Waals surface area contributed by atoms with Crippen LogP contribution in [0.15, 0.2) is 48.7 Å². The quantitative estimate of drug-likeness (QED) is 0.763. The molecule has 0 saturated carbocycles. The zero-order valence-corrected chi connectivity index (χ0v) is 11.4. The van der Waals surface area contributed by atoms with Gasteiger partial charge in [-0.1, -0.05) is 29.8 Å². The number of rotatable bonds is 2. The van der Waals surface area contributed by atoms with Crippen molar-refractivity contribution in [3.05, 3.63) is 65.1 Å². The molecule has 0 spiro atoms. The van der Waals surface area contributed by atoms with Gasteiger partial charge < -0.3 is 5.11 Å². The van der Waals surface area contributed by atoms with Gasteiger partial charge in [0.2, 0.25) is 0 Å². The average molecular weight is 302 g/mol. The second-order valence-corrected chi connectivity index (χ2v) is 4.91. The molecule has 0 unspecified atom stereocenters. The summed E-state index contributed by atoms with van der Waals surface area (Å²) in [5.74, 6) is -1.48. The monoisotopic (exact) mass is 301 g/mol. The van der Waals surface area contributed by atoms with Crippen molar-refractivity contribution in [2.24, 2.45) is 0 Å². The minimum Gasteiger partial charge on any atom is -0.478 e. The first-order valence-electron chi connectivity index (χ1n) is 6.14. The van der Waals surface area contributed by atoms with Gasteiger partial charge in [-0.05, 0) is 24.3 Å². The zero-order valence-electron chi connectivity index (χ0n) is 10.7. The van der Waals surface area contributed by atoms with E-state index >= 15 is 0 Å². The molecule has 0 aliphatic rings. The second-order valence-electron chi connectivity index (χ2n) is 4.50. The maximum atomic E-state index is 14.0. The number of carbonyl (C=O) groups is 1. The van der Waals surface area contributed by atoms with Crippen LogP contribution in [0.5, 0.6) is 0 Å². The summed E-state index contributed by atoms with van der Waals surface area (Å²) < 4.78 is 14.0. The Morgan fingerprint density at radius 2 is 1.95 bits per heavy atom. The van der Waals surface area contributed by atoms with Crippen LogP contribution in [0.3, 0.4) is 0 Å². The van der Waals surface area contributed by atoms with Gasteiger partial charge in [-0.15, -0.1) is 0 Å². The summed E-state index contributed by atoms with van der Waals surface area (Å²) in [5, 5.41) is 9.88. The van der Waals surface area contributed by atoms with Crippen LogP contribution in [0, 0.1) is 5.82 Å². The molecule has 1 aromatic heterocycles. The van der Waals surface area contributed by atoms with E-state index in [1.807, 2.05) is 0 Å². The Bertz CT molecular complexity index is 864. The van der Waals surface area contributed by atoms with Gasteiger partial charge in [-0.25, -0.2) is 9.18 Å². The van der Waals surface area contributed by atoms with Crippen molar-refractivity contribution in [2.45, 2.75) is 0 Å². The maximum absolute atomic E-state index is 14.0. The molecular weight excluding hydrogens is 293 g/mol. The number of aromatic nitrogens is 1. The highest BCUT2D eigenvalue weighted by Gasteiger charge is 2.15. The third-order valence-electron chi connectivity index (χ3n) is 3.21. The Morgan fingerprint density at radius 3 is 2.67 bits per heavy atom. The summed E-state index contributed by atoms with van der Waals surface area (Å²) in [7, 11) is 0. The lowest BCUT2D eigenvalue weighted by Gasteiger charge is -2.10. The molecule has 0 bridgehead atoms. The van der Waals surface area contributed by atoms with Crippen LogP contribution in [0.2, 0.25) is 5.02 Å². The highest BCUT2D eigenvalue weighted by atomic mass is 35.5. The Hall–Kier alpha value is -2.46. The molecule has 1 heterocycles. The molecule has 0 atom stereocenters. The van der Waals surface area contributed by atoms with Gasteiger partial charge in [0.1, 0.15) is 5.82 Å². The minimum absolute atomic E-state index is 0.101. The smallest absolute Gasteiger partial charge is 0.335 e. The molecule has 0 fully saturated rings. The topological polar surface area (TPSA) is 50.2 Å². The highest BCUT2D eigenvalue weighted by Crippen LogP contribution is 2.35. The Morgan fingerprint density at radius 1 is 1.19 bits per heavy atom. The third-order valence-corrected chi connectivity index (χ3v) is 3.50. The highest BCUT2D eigenvalue weighted by molar-refractivity contribution is 6.34. The molecule has 3 aromatic rings. The largest absolute Gasteiger partial charge is 0.478 e. The van der Waals surface area contributed by atoms with Crippen molar-refractivity contribution in [3.8, 4) is 11.1 Å². The predicted octanol–water partition coefficient (Wildman–Crippen LogP) is 4.39. The molecular formula is C16H9ClFNO2. The average Bonchev–Trinajstić information content (AvgIpc) is 2.48. The first-order valence-corrected chi connectivity index (χ1v) is 6.52. The lowest BCUT2D eigenvalue weighted by Crippen LogP contribution is -1.97. The van der Waals surface area contributed by atoms with Crippen LogP contribution in [0.25, 0.3) is 22.0 Å². The number of halogens is 2. The van der Waals surface area contributed by atoms with Gasteiger partial charge in [0, 0.05) is 22.7 Å². The number of nitrogens with zero attached hydrogens (tertiary/aromatic N) is 1. The summed E-state index contributed by atoms with van der Waals surface area (Å²) >= 11 is 6.17. The molecule has 0 aliphatic carbocycles. The first kappa shape index (κ1) is 13.5. The molecule has 2 aromatic carbocycles. The summed E-state index contributed by atoms with van der Waals surface area (Å²) in [4.78, 5) is 15.3. The van der Waals surface area contributed by atoms with Gasteiger partial charge in [0.25, 0.3) is 0 Å². The van der Waals surface area contributed by atoms with Gasteiger partial charge in [0.05, 0.1) is 16.1 Å². The van der Waals surface area contributed by atoms with Crippen LogP contribution in [-0.4, -0.2) is 16.1 Å². The number of carboxylic acid groups (broad SMARTS) is 1. The SMILES string of the molecule is O=C(O)c1ccc2ncc(Cl)c(-c3ccccc3F)c2c1. The van der Waals surface area contributed by atoms with Gasteiger partial charge in [-0.3, -0.25) is 4.98 Å².